The quantitative estimate of drug-likeness (QED) is 0.165. The van der Waals surface area contributed by atoms with Gasteiger partial charge in [-0.2, -0.15) is 13.2 Å². The predicted octanol–water partition coefficient (Wildman–Crippen LogP) is 7.04. The van der Waals surface area contributed by atoms with Gasteiger partial charge in [0.2, 0.25) is 5.88 Å². The number of ether oxygens (including phenoxy) is 2. The van der Waals surface area contributed by atoms with Gasteiger partial charge in [0, 0.05) is 36.2 Å². The third-order valence-electron chi connectivity index (χ3n) is 6.55. The number of urea groups is 1. The Morgan fingerprint density at radius 2 is 2.00 bits per heavy atom. The minimum absolute atomic E-state index is 0.221. The highest BCUT2D eigenvalue weighted by Gasteiger charge is 2.30. The predicted molar refractivity (Wildman–Crippen MR) is 153 cm³/mol. The van der Waals surface area contributed by atoms with Crippen LogP contribution in [0.3, 0.4) is 0 Å². The third kappa shape index (κ3) is 8.42. The van der Waals surface area contributed by atoms with Crippen LogP contribution < -0.4 is 14.8 Å². The minimum atomic E-state index is -4.31. The first-order valence-electron chi connectivity index (χ1n) is 13.4. The third-order valence-corrected chi connectivity index (χ3v) is 6.55. The smallest absolute Gasteiger partial charge is 0.389 e. The molecule has 0 radical (unpaired) electrons. The SMILES string of the molecule is C=CCCOc1nc(-c2cc([C@@H](C)N(CC)C(=O)N[C@H](CC=C)CCC(F)(F)F)ncc2OC)cc2cccnc12. The fourth-order valence-corrected chi connectivity index (χ4v) is 4.38. The van der Waals surface area contributed by atoms with Crippen LogP contribution in [-0.2, 0) is 0 Å². The molecule has 0 saturated carbocycles. The molecule has 3 aromatic heterocycles. The average Bonchev–Trinajstić information content (AvgIpc) is 2.95. The highest BCUT2D eigenvalue weighted by atomic mass is 19.4. The van der Waals surface area contributed by atoms with Gasteiger partial charge in [0.15, 0.2) is 0 Å². The Labute approximate surface area is 238 Å². The van der Waals surface area contributed by atoms with E-state index < -0.39 is 30.7 Å². The molecular formula is C30H36F3N5O3. The van der Waals surface area contributed by atoms with Crippen molar-refractivity contribution in [3.63, 3.8) is 0 Å². The lowest BCUT2D eigenvalue weighted by molar-refractivity contribution is -0.136. The molecule has 2 amide bonds. The number of hydrogen-bond donors (Lipinski definition) is 1. The number of carbonyl (C=O) groups is 1. The van der Waals surface area contributed by atoms with Gasteiger partial charge in [-0.05, 0) is 51.3 Å². The molecule has 8 nitrogen and oxygen atoms in total. The number of nitrogens with one attached hydrogen (secondary N) is 1. The van der Waals surface area contributed by atoms with E-state index in [1.54, 1.807) is 38.4 Å². The summed E-state index contributed by atoms with van der Waals surface area (Å²) in [5, 5.41) is 3.55. The monoisotopic (exact) mass is 571 g/mol. The fourth-order valence-electron chi connectivity index (χ4n) is 4.38. The highest BCUT2D eigenvalue weighted by molar-refractivity contribution is 5.87. The van der Waals surface area contributed by atoms with E-state index in [9.17, 15) is 18.0 Å². The van der Waals surface area contributed by atoms with E-state index in [4.69, 9.17) is 14.5 Å². The van der Waals surface area contributed by atoms with Crippen LogP contribution in [0, 0.1) is 0 Å². The molecule has 0 aliphatic carbocycles. The summed E-state index contributed by atoms with van der Waals surface area (Å²) in [6.07, 6.45) is 1.80. The maximum absolute atomic E-state index is 13.2. The zero-order valence-electron chi connectivity index (χ0n) is 23.6. The zero-order chi connectivity index (χ0) is 30.0. The van der Waals surface area contributed by atoms with Gasteiger partial charge < -0.3 is 19.7 Å². The molecule has 3 heterocycles. The Bertz CT molecular complexity index is 1350. The van der Waals surface area contributed by atoms with Crippen LogP contribution in [0.25, 0.3) is 22.2 Å². The number of alkyl halides is 3. The summed E-state index contributed by atoms with van der Waals surface area (Å²) in [5.74, 6) is 0.842. The summed E-state index contributed by atoms with van der Waals surface area (Å²) in [6.45, 7) is 11.6. The first-order valence-corrected chi connectivity index (χ1v) is 13.4. The van der Waals surface area contributed by atoms with Gasteiger partial charge in [-0.25, -0.2) is 9.78 Å². The van der Waals surface area contributed by atoms with Crippen molar-refractivity contribution >= 4 is 16.9 Å². The summed E-state index contributed by atoms with van der Waals surface area (Å²) < 4.78 is 49.9. The molecule has 11 heteroatoms. The van der Waals surface area contributed by atoms with Crippen LogP contribution in [0.5, 0.6) is 11.6 Å². The largest absolute Gasteiger partial charge is 0.494 e. The number of carbonyl (C=O) groups excluding carboxylic acids is 1. The lowest BCUT2D eigenvalue weighted by Crippen LogP contribution is -2.46. The Balaban J connectivity index is 1.94. The maximum Gasteiger partial charge on any atom is 0.389 e. The van der Waals surface area contributed by atoms with E-state index in [1.165, 1.54) is 18.1 Å². The number of pyridine rings is 3. The van der Waals surface area contributed by atoms with Crippen molar-refractivity contribution in [2.24, 2.45) is 0 Å². The van der Waals surface area contributed by atoms with Gasteiger partial charge in [-0.3, -0.25) is 9.97 Å². The van der Waals surface area contributed by atoms with E-state index >= 15 is 0 Å². The van der Waals surface area contributed by atoms with Crippen molar-refractivity contribution in [2.75, 3.05) is 20.3 Å². The van der Waals surface area contributed by atoms with E-state index in [1.807, 2.05) is 18.2 Å². The normalized spacial score (nSPS) is 12.8. The number of fused-ring (bicyclic) bond motifs is 1. The van der Waals surface area contributed by atoms with Crippen molar-refractivity contribution < 1.29 is 27.4 Å². The molecule has 0 bridgehead atoms. The minimum Gasteiger partial charge on any atom is -0.494 e. The Morgan fingerprint density at radius 1 is 1.22 bits per heavy atom. The molecule has 0 fully saturated rings. The number of hydrogen-bond acceptors (Lipinski definition) is 6. The van der Waals surface area contributed by atoms with Crippen LogP contribution in [-0.4, -0.2) is 58.4 Å². The topological polar surface area (TPSA) is 89.5 Å². The lowest BCUT2D eigenvalue weighted by Gasteiger charge is -2.30. The Morgan fingerprint density at radius 3 is 2.66 bits per heavy atom. The standard InChI is InChI=1S/C30H36F3N5O3/c1-6-9-16-41-28-27-21(12-10-15-34-27)17-25(37-28)23-18-24(35-19-26(23)40-5)20(4)38(8-3)29(39)36-22(11-7-2)13-14-30(31,32)33/h6-7,10,12,15,17-20,22H,1-2,8-9,11,13-14,16H2,3-5H3,(H,36,39)/t20-,22-/m1/s1. The van der Waals surface area contributed by atoms with Crippen LogP contribution in [0.2, 0.25) is 0 Å². The van der Waals surface area contributed by atoms with Gasteiger partial charge in [0.1, 0.15) is 11.3 Å². The number of amides is 2. The summed E-state index contributed by atoms with van der Waals surface area (Å²) in [5.41, 5.74) is 2.37. The lowest BCUT2D eigenvalue weighted by atomic mass is 10.1. The molecule has 0 saturated heterocycles. The second-order valence-corrected chi connectivity index (χ2v) is 9.41. The van der Waals surface area contributed by atoms with Gasteiger partial charge in [0.05, 0.1) is 37.3 Å². The molecule has 2 atom stereocenters. The van der Waals surface area contributed by atoms with Gasteiger partial charge in [-0.15, -0.1) is 13.2 Å². The summed E-state index contributed by atoms with van der Waals surface area (Å²) >= 11 is 0. The molecule has 3 rings (SSSR count). The highest BCUT2D eigenvalue weighted by Crippen LogP contribution is 2.35. The van der Waals surface area contributed by atoms with Crippen LogP contribution >= 0.6 is 0 Å². The Hall–Kier alpha value is -4.15. The van der Waals surface area contributed by atoms with Crippen molar-refractivity contribution in [1.29, 1.82) is 0 Å². The van der Waals surface area contributed by atoms with E-state index in [0.29, 0.717) is 53.7 Å². The maximum atomic E-state index is 13.2. The second kappa shape index (κ2) is 14.5. The molecule has 0 spiro atoms. The van der Waals surface area contributed by atoms with Crippen molar-refractivity contribution in [3.8, 4) is 22.9 Å². The van der Waals surface area contributed by atoms with Crippen LogP contribution in [0.1, 0.15) is 51.3 Å². The molecule has 0 aromatic carbocycles. The van der Waals surface area contributed by atoms with E-state index in [-0.39, 0.29) is 12.8 Å². The summed E-state index contributed by atoms with van der Waals surface area (Å²) in [4.78, 5) is 28.4. The van der Waals surface area contributed by atoms with Gasteiger partial charge >= 0.3 is 12.2 Å². The number of aromatic nitrogens is 3. The number of nitrogens with zero attached hydrogens (tertiary/aromatic N) is 4. The molecule has 220 valence electrons. The first kappa shape index (κ1) is 31.4. The van der Waals surface area contributed by atoms with Crippen molar-refractivity contribution in [1.82, 2.24) is 25.2 Å². The Kier molecular flexibility index (Phi) is 11.1. The summed E-state index contributed by atoms with van der Waals surface area (Å²) in [6, 6.07) is 5.71. The first-order chi connectivity index (χ1) is 19.6. The molecule has 0 unspecified atom stereocenters. The average molecular weight is 572 g/mol. The van der Waals surface area contributed by atoms with Crippen molar-refractivity contribution in [2.45, 2.75) is 57.8 Å². The second-order valence-electron chi connectivity index (χ2n) is 9.41. The van der Waals surface area contributed by atoms with E-state index in [2.05, 4.69) is 28.4 Å². The zero-order valence-corrected chi connectivity index (χ0v) is 23.6. The number of rotatable bonds is 14. The van der Waals surface area contributed by atoms with Gasteiger partial charge in [0.25, 0.3) is 0 Å². The summed E-state index contributed by atoms with van der Waals surface area (Å²) in [7, 11) is 1.53. The molecule has 3 aromatic rings. The van der Waals surface area contributed by atoms with E-state index in [0.717, 1.165) is 5.39 Å². The number of methoxy groups -OCH3 is 1. The van der Waals surface area contributed by atoms with Gasteiger partial charge in [-0.1, -0.05) is 18.2 Å². The van der Waals surface area contributed by atoms with Crippen LogP contribution in [0.4, 0.5) is 18.0 Å². The molecule has 1 N–H and O–H groups in total. The molecule has 0 aliphatic heterocycles. The molecular weight excluding hydrogens is 535 g/mol. The van der Waals surface area contributed by atoms with Crippen molar-refractivity contribution in [3.05, 3.63) is 67.7 Å². The molecule has 0 aliphatic rings. The molecule has 41 heavy (non-hydrogen) atoms. The number of halogens is 3. The van der Waals surface area contributed by atoms with Crippen LogP contribution in [0.15, 0.2) is 62.0 Å². The fraction of sp³-hybridized carbons (Fsp3) is 0.400.